The molecule has 0 amide bonds. The minimum absolute atomic E-state index is 0.163. The molecule has 0 unspecified atom stereocenters. The molecule has 1 heterocycles. The third-order valence-electron chi connectivity index (χ3n) is 2.38. The first-order valence-electron chi connectivity index (χ1n) is 5.94. The van der Waals surface area contributed by atoms with E-state index in [0.29, 0.717) is 11.8 Å². The summed E-state index contributed by atoms with van der Waals surface area (Å²) in [6.45, 7) is 2.01. The van der Waals surface area contributed by atoms with E-state index >= 15 is 0 Å². The lowest BCUT2D eigenvalue weighted by Crippen LogP contribution is -2.12. The smallest absolute Gasteiger partial charge is 0.313 e. The molecule has 0 spiro atoms. The van der Waals surface area contributed by atoms with E-state index in [1.165, 1.54) is 11.8 Å². The number of carbonyl (C=O) groups is 2. The lowest BCUT2D eigenvalue weighted by molar-refractivity contribution is -0.145. The largest absolute Gasteiger partial charge is 0.466 e. The molecule has 0 bridgehead atoms. The monoisotopic (exact) mass is 278 g/mol. The quantitative estimate of drug-likeness (QED) is 0.498. The van der Waals surface area contributed by atoms with Crippen molar-refractivity contribution in [2.24, 2.45) is 0 Å². The van der Waals surface area contributed by atoms with Gasteiger partial charge in [-0.05, 0) is 19.1 Å². The number of carbonyl (C=O) groups excluding carboxylic acids is 2. The highest BCUT2D eigenvalue weighted by molar-refractivity contribution is 7.99. The molecule has 0 radical (unpaired) electrons. The Morgan fingerprint density at radius 1 is 1.37 bits per heavy atom. The number of aromatic nitrogens is 2. The summed E-state index contributed by atoms with van der Waals surface area (Å²) >= 11 is 1.29. The Morgan fingerprint density at radius 3 is 2.89 bits per heavy atom. The second-order valence-electron chi connectivity index (χ2n) is 3.87. The van der Waals surface area contributed by atoms with Crippen molar-refractivity contribution in [2.45, 2.75) is 18.5 Å². The van der Waals surface area contributed by atoms with Gasteiger partial charge in [0, 0.05) is 0 Å². The van der Waals surface area contributed by atoms with Crippen LogP contribution in [0, 0.1) is 0 Å². The summed E-state index contributed by atoms with van der Waals surface area (Å²) in [6.07, 6.45) is -0.179. The molecule has 0 atom stereocenters. The average molecular weight is 278 g/mol. The molecule has 0 saturated heterocycles. The van der Waals surface area contributed by atoms with Crippen LogP contribution in [0.1, 0.15) is 13.3 Å². The van der Waals surface area contributed by atoms with Crippen molar-refractivity contribution >= 4 is 34.5 Å². The molecule has 5 nitrogen and oxygen atoms in total. The molecule has 1 N–H and O–H groups in total. The third-order valence-corrected chi connectivity index (χ3v) is 3.32. The number of H-pyrrole nitrogens is 1. The lowest BCUT2D eigenvalue weighted by Gasteiger charge is -2.00. The van der Waals surface area contributed by atoms with Crippen molar-refractivity contribution in [2.75, 3.05) is 12.4 Å². The van der Waals surface area contributed by atoms with Gasteiger partial charge in [0.15, 0.2) is 10.9 Å². The van der Waals surface area contributed by atoms with Crippen LogP contribution >= 0.6 is 11.8 Å². The van der Waals surface area contributed by atoms with Crippen LogP contribution in [0.15, 0.2) is 29.4 Å². The Bertz CT molecular complexity index is 561. The Labute approximate surface area is 114 Å². The van der Waals surface area contributed by atoms with Gasteiger partial charge in [0.1, 0.15) is 6.42 Å². The molecule has 1 aromatic carbocycles. The van der Waals surface area contributed by atoms with E-state index < -0.39 is 5.97 Å². The fraction of sp³-hybridized carbons (Fsp3) is 0.308. The van der Waals surface area contributed by atoms with Gasteiger partial charge in [-0.2, -0.15) is 0 Å². The van der Waals surface area contributed by atoms with Gasteiger partial charge in [-0.15, -0.1) is 0 Å². The van der Waals surface area contributed by atoms with Crippen LogP contribution < -0.4 is 0 Å². The molecule has 0 aliphatic carbocycles. The molecule has 1 aromatic heterocycles. The van der Waals surface area contributed by atoms with E-state index in [1.54, 1.807) is 6.92 Å². The second kappa shape index (κ2) is 6.38. The summed E-state index contributed by atoms with van der Waals surface area (Å²) in [6, 6.07) is 7.65. The van der Waals surface area contributed by atoms with Crippen LogP contribution in [0.2, 0.25) is 0 Å². The number of thioether (sulfide) groups is 1. The predicted molar refractivity (Wildman–Crippen MR) is 73.1 cm³/mol. The van der Waals surface area contributed by atoms with E-state index in [-0.39, 0.29) is 18.0 Å². The Hall–Kier alpha value is -1.82. The van der Waals surface area contributed by atoms with Gasteiger partial charge < -0.3 is 9.72 Å². The molecule has 0 aliphatic heterocycles. The van der Waals surface area contributed by atoms with Gasteiger partial charge in [-0.25, -0.2) is 4.98 Å². The number of imidazole rings is 1. The molecule has 100 valence electrons. The number of hydrogen-bond donors (Lipinski definition) is 1. The van der Waals surface area contributed by atoms with Crippen LogP contribution in [0.25, 0.3) is 11.0 Å². The zero-order valence-electron chi connectivity index (χ0n) is 10.5. The van der Waals surface area contributed by atoms with Crippen LogP contribution in [0.5, 0.6) is 0 Å². The van der Waals surface area contributed by atoms with Crippen molar-refractivity contribution < 1.29 is 14.3 Å². The van der Waals surface area contributed by atoms with Crippen LogP contribution in [0.4, 0.5) is 0 Å². The second-order valence-corrected chi connectivity index (χ2v) is 4.83. The van der Waals surface area contributed by atoms with Gasteiger partial charge in [0.2, 0.25) is 0 Å². The van der Waals surface area contributed by atoms with Crippen molar-refractivity contribution in [1.82, 2.24) is 9.97 Å². The van der Waals surface area contributed by atoms with Crippen molar-refractivity contribution in [3.63, 3.8) is 0 Å². The number of rotatable bonds is 6. The number of esters is 1. The van der Waals surface area contributed by atoms with E-state index in [1.807, 2.05) is 24.3 Å². The molecule has 0 aliphatic rings. The number of ketones is 1. The van der Waals surface area contributed by atoms with Crippen molar-refractivity contribution in [1.29, 1.82) is 0 Å². The summed E-state index contributed by atoms with van der Waals surface area (Å²) in [5.74, 6) is -0.430. The van der Waals surface area contributed by atoms with E-state index in [4.69, 9.17) is 4.74 Å². The Kier molecular flexibility index (Phi) is 4.57. The number of nitrogens with one attached hydrogen (secondary N) is 1. The lowest BCUT2D eigenvalue weighted by atomic mass is 10.3. The summed E-state index contributed by atoms with van der Waals surface area (Å²) in [7, 11) is 0. The van der Waals surface area contributed by atoms with Crippen molar-refractivity contribution in [3.05, 3.63) is 24.3 Å². The van der Waals surface area contributed by atoms with Gasteiger partial charge in [0.25, 0.3) is 0 Å². The number of benzene rings is 1. The number of para-hydroxylation sites is 2. The predicted octanol–water partition coefficient (Wildman–Crippen LogP) is 2.18. The zero-order valence-corrected chi connectivity index (χ0v) is 11.3. The van der Waals surface area contributed by atoms with Crippen LogP contribution in [0.3, 0.4) is 0 Å². The Balaban J connectivity index is 1.88. The summed E-state index contributed by atoms with van der Waals surface area (Å²) in [4.78, 5) is 30.1. The number of hydrogen-bond acceptors (Lipinski definition) is 5. The minimum Gasteiger partial charge on any atom is -0.466 e. The van der Waals surface area contributed by atoms with E-state index in [9.17, 15) is 9.59 Å². The molecule has 0 fully saturated rings. The highest BCUT2D eigenvalue weighted by atomic mass is 32.2. The molecule has 6 heteroatoms. The first-order valence-corrected chi connectivity index (χ1v) is 6.92. The van der Waals surface area contributed by atoms with Crippen LogP contribution in [-0.4, -0.2) is 34.1 Å². The standard InChI is InChI=1S/C13H14N2O3S/c1-2-18-12(17)7-9(16)8-19-13-14-10-5-3-4-6-11(10)15-13/h3-6H,2,7-8H2,1H3,(H,14,15). The van der Waals surface area contributed by atoms with Gasteiger partial charge in [-0.1, -0.05) is 23.9 Å². The maximum Gasteiger partial charge on any atom is 0.313 e. The maximum atomic E-state index is 11.6. The SMILES string of the molecule is CCOC(=O)CC(=O)CSc1nc2ccccc2[nH]1. The minimum atomic E-state index is -0.474. The Morgan fingerprint density at radius 2 is 2.16 bits per heavy atom. The number of fused-ring (bicyclic) bond motifs is 1. The number of ether oxygens (including phenoxy) is 1. The van der Waals surface area contributed by atoms with E-state index in [2.05, 4.69) is 9.97 Å². The highest BCUT2D eigenvalue weighted by Gasteiger charge is 2.12. The van der Waals surface area contributed by atoms with Gasteiger partial charge in [0.05, 0.1) is 23.4 Å². The summed E-state index contributed by atoms with van der Waals surface area (Å²) in [5, 5.41) is 0.679. The number of nitrogens with zero attached hydrogens (tertiary/aromatic N) is 1. The van der Waals surface area contributed by atoms with Gasteiger partial charge >= 0.3 is 5.97 Å². The molecular weight excluding hydrogens is 264 g/mol. The van der Waals surface area contributed by atoms with Crippen LogP contribution in [-0.2, 0) is 14.3 Å². The molecular formula is C13H14N2O3S. The van der Waals surface area contributed by atoms with E-state index in [0.717, 1.165) is 11.0 Å². The van der Waals surface area contributed by atoms with Gasteiger partial charge in [-0.3, -0.25) is 9.59 Å². The third kappa shape index (κ3) is 3.82. The fourth-order valence-electron chi connectivity index (χ4n) is 1.57. The molecule has 2 aromatic rings. The first kappa shape index (κ1) is 13.6. The molecule has 0 saturated carbocycles. The average Bonchev–Trinajstić information content (AvgIpc) is 2.79. The topological polar surface area (TPSA) is 72.1 Å². The van der Waals surface area contributed by atoms with Crippen molar-refractivity contribution in [3.8, 4) is 0 Å². The normalized spacial score (nSPS) is 10.6. The zero-order chi connectivity index (χ0) is 13.7. The summed E-state index contributed by atoms with van der Waals surface area (Å²) < 4.78 is 4.72. The summed E-state index contributed by atoms with van der Waals surface area (Å²) in [5.41, 5.74) is 1.80. The first-order chi connectivity index (χ1) is 9.19. The molecule has 19 heavy (non-hydrogen) atoms. The number of Topliss-reactive ketones (excluding diaryl/α,β-unsaturated/α-hetero) is 1. The number of aromatic amines is 1. The highest BCUT2D eigenvalue weighted by Crippen LogP contribution is 2.19. The molecule has 2 rings (SSSR count). The fourth-order valence-corrected chi connectivity index (χ4v) is 2.32. The maximum absolute atomic E-state index is 11.6.